The molecule has 2 aromatic carbocycles. The maximum atomic E-state index is 14.0. The number of imide groups is 1. The van der Waals surface area contributed by atoms with Crippen molar-refractivity contribution in [2.24, 2.45) is 0 Å². The summed E-state index contributed by atoms with van der Waals surface area (Å²) in [5.41, 5.74) is -1.39. The minimum absolute atomic E-state index is 0.320. The lowest BCUT2D eigenvalue weighted by Crippen LogP contribution is -2.50. The van der Waals surface area contributed by atoms with Gasteiger partial charge < -0.3 is 10.1 Å². The second kappa shape index (κ2) is 9.41. The normalized spacial score (nSPS) is 12.3. The highest BCUT2D eigenvalue weighted by molar-refractivity contribution is 8.00. The molecular formula is C18H11F9N2O3S. The van der Waals surface area contributed by atoms with E-state index >= 15 is 0 Å². The van der Waals surface area contributed by atoms with E-state index in [4.69, 9.17) is 0 Å². The monoisotopic (exact) mass is 506 g/mol. The molecule has 2 rings (SSSR count). The van der Waals surface area contributed by atoms with Crippen molar-refractivity contribution in [3.63, 3.8) is 0 Å². The van der Waals surface area contributed by atoms with E-state index < -0.39 is 68.9 Å². The number of thioether (sulfide) groups is 1. The van der Waals surface area contributed by atoms with Gasteiger partial charge >= 0.3 is 23.4 Å². The minimum atomic E-state index is -6.32. The van der Waals surface area contributed by atoms with Gasteiger partial charge in [-0.1, -0.05) is 17.8 Å². The Kier molecular flexibility index (Phi) is 7.46. The Labute approximate surface area is 183 Å². The summed E-state index contributed by atoms with van der Waals surface area (Å²) in [5.74, 6) is -4.70. The van der Waals surface area contributed by atoms with Gasteiger partial charge in [-0.25, -0.2) is 18.0 Å². The fourth-order valence-corrected chi connectivity index (χ4v) is 3.21. The van der Waals surface area contributed by atoms with Gasteiger partial charge in [0.2, 0.25) is 0 Å². The van der Waals surface area contributed by atoms with Gasteiger partial charge in [0.1, 0.15) is 22.9 Å². The molecule has 3 amide bonds. The van der Waals surface area contributed by atoms with Crippen LogP contribution in [0.1, 0.15) is 10.4 Å². The Hall–Kier alpha value is -3.10. The largest absolute Gasteiger partial charge is 0.496 e. The first-order chi connectivity index (χ1) is 15.1. The van der Waals surface area contributed by atoms with Gasteiger partial charge in [-0.3, -0.25) is 10.1 Å². The molecular weight excluding hydrogens is 495 g/mol. The van der Waals surface area contributed by atoms with E-state index in [1.807, 2.05) is 5.32 Å². The quantitative estimate of drug-likeness (QED) is 0.397. The zero-order valence-electron chi connectivity index (χ0n) is 16.0. The van der Waals surface area contributed by atoms with Crippen LogP contribution in [0.2, 0.25) is 0 Å². The summed E-state index contributed by atoms with van der Waals surface area (Å²) in [6.07, 6.45) is -12.6. The van der Waals surface area contributed by atoms with Gasteiger partial charge in [0.25, 0.3) is 5.91 Å². The Morgan fingerprint density at radius 2 is 1.45 bits per heavy atom. The van der Waals surface area contributed by atoms with Crippen LogP contribution in [0.25, 0.3) is 0 Å². The van der Waals surface area contributed by atoms with Crippen LogP contribution in [0, 0.1) is 11.6 Å². The number of hydrogen-bond donors (Lipinski definition) is 2. The van der Waals surface area contributed by atoms with Crippen LogP contribution in [-0.2, 0) is 0 Å². The third-order valence-corrected chi connectivity index (χ3v) is 5.12. The summed E-state index contributed by atoms with van der Waals surface area (Å²) in [6.45, 7) is 0. The van der Waals surface area contributed by atoms with Gasteiger partial charge in [0.05, 0.1) is 12.0 Å². The average molecular weight is 506 g/mol. The molecule has 0 saturated heterocycles. The molecule has 0 spiro atoms. The maximum Gasteiger partial charge on any atom is 0.441 e. The summed E-state index contributed by atoms with van der Waals surface area (Å²) in [7, 11) is 0.856. The highest BCUT2D eigenvalue weighted by Gasteiger charge is 2.73. The van der Waals surface area contributed by atoms with Crippen molar-refractivity contribution in [3.8, 4) is 5.75 Å². The van der Waals surface area contributed by atoms with Crippen LogP contribution in [0.3, 0.4) is 0 Å². The number of carbonyl (C=O) groups is 2. The molecule has 0 aromatic heterocycles. The molecule has 0 aliphatic rings. The number of urea groups is 1. The number of ether oxygens (including phenoxy) is 1. The first kappa shape index (κ1) is 26.2. The summed E-state index contributed by atoms with van der Waals surface area (Å²) in [5, 5.41) is -2.11. The van der Waals surface area contributed by atoms with Crippen LogP contribution in [0.15, 0.2) is 41.3 Å². The minimum Gasteiger partial charge on any atom is -0.496 e. The third-order valence-electron chi connectivity index (χ3n) is 3.82. The van der Waals surface area contributed by atoms with Gasteiger partial charge in [-0.15, -0.1) is 0 Å². The van der Waals surface area contributed by atoms with Crippen molar-refractivity contribution < 1.29 is 53.8 Å². The molecule has 0 aliphatic heterocycles. The van der Waals surface area contributed by atoms with Crippen molar-refractivity contribution in [2.45, 2.75) is 22.2 Å². The molecule has 180 valence electrons. The molecule has 33 heavy (non-hydrogen) atoms. The fourth-order valence-electron chi connectivity index (χ4n) is 2.30. The van der Waals surface area contributed by atoms with E-state index in [0.717, 1.165) is 37.4 Å². The molecule has 0 unspecified atom stereocenters. The lowest BCUT2D eigenvalue weighted by atomic mass is 10.2. The number of alkyl halides is 7. The number of rotatable bonds is 5. The predicted octanol–water partition coefficient (Wildman–Crippen LogP) is 5.82. The smallest absolute Gasteiger partial charge is 0.441 e. The van der Waals surface area contributed by atoms with Crippen molar-refractivity contribution in [1.82, 2.24) is 5.32 Å². The van der Waals surface area contributed by atoms with Gasteiger partial charge in [-0.05, 0) is 24.3 Å². The van der Waals surface area contributed by atoms with Crippen molar-refractivity contribution in [3.05, 3.63) is 53.6 Å². The molecule has 0 atom stereocenters. The summed E-state index contributed by atoms with van der Waals surface area (Å²) < 4.78 is 122. The molecule has 0 aliphatic carbocycles. The molecule has 0 saturated carbocycles. The van der Waals surface area contributed by atoms with Crippen molar-refractivity contribution >= 4 is 29.4 Å². The van der Waals surface area contributed by atoms with E-state index in [2.05, 4.69) is 4.74 Å². The molecule has 2 N–H and O–H groups in total. The Morgan fingerprint density at radius 1 is 0.909 bits per heavy atom. The van der Waals surface area contributed by atoms with Gasteiger partial charge in [0, 0.05) is 11.8 Å². The highest BCUT2D eigenvalue weighted by atomic mass is 32.2. The molecule has 0 bridgehead atoms. The molecule has 2 aromatic rings. The van der Waals surface area contributed by atoms with Gasteiger partial charge in [-0.2, -0.15) is 26.3 Å². The molecule has 0 heterocycles. The van der Waals surface area contributed by atoms with E-state index in [1.165, 1.54) is 0 Å². The molecule has 0 radical (unpaired) electrons. The topological polar surface area (TPSA) is 67.4 Å². The number of halogens is 9. The average Bonchev–Trinajstić information content (AvgIpc) is 2.67. The number of hydrogen-bond acceptors (Lipinski definition) is 4. The van der Waals surface area contributed by atoms with Crippen LogP contribution in [0.4, 0.5) is 50.0 Å². The van der Waals surface area contributed by atoms with Crippen LogP contribution < -0.4 is 15.4 Å². The summed E-state index contributed by atoms with van der Waals surface area (Å²) >= 11 is -1.21. The Bertz CT molecular complexity index is 1020. The predicted molar refractivity (Wildman–Crippen MR) is 97.6 cm³/mol. The van der Waals surface area contributed by atoms with Crippen molar-refractivity contribution in [2.75, 3.05) is 12.4 Å². The zero-order chi connectivity index (χ0) is 25.2. The maximum absolute atomic E-state index is 14.0. The standard InChI is InChI=1S/C18H11F9N2O3S/c1-32-11-7-8(5-6-12(11)33-16(21,17(22,23)24)18(25,26)27)28-15(31)29-14(30)13-9(19)3-2-4-10(13)20/h2-7H,1H3,(H2,28,29,30,31). The molecule has 5 nitrogen and oxygen atoms in total. The lowest BCUT2D eigenvalue weighted by Gasteiger charge is -2.29. The highest BCUT2D eigenvalue weighted by Crippen LogP contribution is 2.56. The van der Waals surface area contributed by atoms with Crippen LogP contribution in [-0.4, -0.2) is 36.4 Å². The summed E-state index contributed by atoms with van der Waals surface area (Å²) in [4.78, 5) is 22.9. The van der Waals surface area contributed by atoms with E-state index in [1.54, 1.807) is 5.32 Å². The van der Waals surface area contributed by atoms with E-state index in [0.29, 0.717) is 6.07 Å². The van der Waals surface area contributed by atoms with E-state index in [9.17, 15) is 49.1 Å². The number of nitrogens with one attached hydrogen (secondary N) is 2. The Balaban J connectivity index is 2.22. The van der Waals surface area contributed by atoms with Crippen LogP contribution >= 0.6 is 11.8 Å². The van der Waals surface area contributed by atoms with Crippen LogP contribution in [0.5, 0.6) is 5.75 Å². The fraction of sp³-hybridized carbons (Fsp3) is 0.222. The molecule has 0 fully saturated rings. The Morgan fingerprint density at radius 3 is 1.94 bits per heavy atom. The number of amides is 3. The number of methoxy groups -OCH3 is 1. The number of anilines is 1. The second-order valence-electron chi connectivity index (χ2n) is 6.06. The number of benzene rings is 2. The third kappa shape index (κ3) is 5.64. The first-order valence-corrected chi connectivity index (χ1v) is 9.18. The van der Waals surface area contributed by atoms with Crippen molar-refractivity contribution in [1.29, 1.82) is 0 Å². The molecule has 15 heteroatoms. The lowest BCUT2D eigenvalue weighted by molar-refractivity contribution is -0.302. The SMILES string of the molecule is COc1cc(NC(=O)NC(=O)c2c(F)cccc2F)ccc1SC(F)(C(F)(F)F)C(F)(F)F. The zero-order valence-corrected chi connectivity index (χ0v) is 16.8. The summed E-state index contributed by atoms with van der Waals surface area (Å²) in [6, 6.07) is 3.25. The first-order valence-electron chi connectivity index (χ1n) is 8.36. The van der Waals surface area contributed by atoms with Gasteiger partial charge in [0.15, 0.2) is 0 Å². The van der Waals surface area contributed by atoms with E-state index in [-0.39, 0.29) is 5.69 Å². The second-order valence-corrected chi connectivity index (χ2v) is 7.27. The number of carbonyl (C=O) groups excluding carboxylic acids is 2.